The van der Waals surface area contributed by atoms with Gasteiger partial charge in [0.2, 0.25) is 0 Å². The molecular weight excluding hydrogens is 174 g/mol. The third kappa shape index (κ3) is 1.37. The minimum Gasteiger partial charge on any atom is -0.367 e. The van der Waals surface area contributed by atoms with Crippen LogP contribution in [0.5, 0.6) is 0 Å². The molecule has 1 heterocycles. The van der Waals surface area contributed by atoms with E-state index in [1.165, 1.54) is 0 Å². The van der Waals surface area contributed by atoms with Gasteiger partial charge in [0.25, 0.3) is 0 Å². The van der Waals surface area contributed by atoms with Gasteiger partial charge in [-0.25, -0.2) is 0 Å². The fourth-order valence-corrected chi connectivity index (χ4v) is 1.59. The van der Waals surface area contributed by atoms with Crippen LogP contribution in [0.3, 0.4) is 0 Å². The Bertz CT molecular complexity index is 371. The molecule has 1 aromatic carbocycles. The molecule has 0 aromatic heterocycles. The van der Waals surface area contributed by atoms with Gasteiger partial charge in [0.1, 0.15) is 5.84 Å². The van der Waals surface area contributed by atoms with Crippen LogP contribution < -0.4 is 5.32 Å². The van der Waals surface area contributed by atoms with Gasteiger partial charge in [-0.2, -0.15) is 0 Å². The molecule has 2 rings (SSSR count). The molecule has 0 spiro atoms. The second kappa shape index (κ2) is 3.54. The summed E-state index contributed by atoms with van der Waals surface area (Å²) in [6, 6.07) is 7.88. The van der Waals surface area contributed by atoms with Crippen LogP contribution >= 0.6 is 0 Å². The summed E-state index contributed by atoms with van der Waals surface area (Å²) in [6.07, 6.45) is 1.81. The first-order chi connectivity index (χ1) is 6.83. The van der Waals surface area contributed by atoms with Crippen molar-refractivity contribution >= 4 is 11.5 Å². The van der Waals surface area contributed by atoms with Crippen LogP contribution in [-0.2, 0) is 0 Å². The summed E-state index contributed by atoms with van der Waals surface area (Å²) >= 11 is 0. The van der Waals surface area contributed by atoms with Crippen molar-refractivity contribution < 1.29 is 0 Å². The van der Waals surface area contributed by atoms with Gasteiger partial charge in [-0.3, -0.25) is 5.41 Å². The molecule has 0 saturated heterocycles. The maximum Gasteiger partial charge on any atom is 0.131 e. The Morgan fingerprint density at radius 2 is 2.29 bits per heavy atom. The number of amidine groups is 1. The van der Waals surface area contributed by atoms with Gasteiger partial charge < -0.3 is 10.2 Å². The topological polar surface area (TPSA) is 39.1 Å². The van der Waals surface area contributed by atoms with E-state index in [1.807, 2.05) is 35.2 Å². The van der Waals surface area contributed by atoms with Gasteiger partial charge in [0.05, 0.1) is 6.67 Å². The number of para-hydroxylation sites is 1. The monoisotopic (exact) mass is 187 g/mol. The molecule has 0 saturated carbocycles. The second-order valence-corrected chi connectivity index (χ2v) is 3.24. The lowest BCUT2D eigenvalue weighted by atomic mass is 10.1. The Balaban J connectivity index is 2.31. The third-order valence-electron chi connectivity index (χ3n) is 2.31. The molecule has 1 aromatic rings. The van der Waals surface area contributed by atoms with E-state index in [0.29, 0.717) is 19.0 Å². The zero-order valence-corrected chi connectivity index (χ0v) is 7.96. The molecule has 14 heavy (non-hydrogen) atoms. The number of nitrogens with zero attached hydrogens (tertiary/aromatic N) is 1. The predicted molar refractivity (Wildman–Crippen MR) is 58.7 cm³/mol. The van der Waals surface area contributed by atoms with Crippen molar-refractivity contribution in [3.8, 4) is 0 Å². The van der Waals surface area contributed by atoms with E-state index in [2.05, 4.69) is 11.9 Å². The van der Waals surface area contributed by atoms with Gasteiger partial charge >= 0.3 is 0 Å². The van der Waals surface area contributed by atoms with Crippen LogP contribution in [0.25, 0.3) is 0 Å². The highest BCUT2D eigenvalue weighted by atomic mass is 15.3. The Kier molecular flexibility index (Phi) is 2.23. The minimum atomic E-state index is 0.569. The Morgan fingerprint density at radius 1 is 1.50 bits per heavy atom. The predicted octanol–water partition coefficient (Wildman–Crippen LogP) is 1.88. The third-order valence-corrected chi connectivity index (χ3v) is 2.31. The van der Waals surface area contributed by atoms with E-state index in [-0.39, 0.29) is 0 Å². The number of nitrogens with one attached hydrogen (secondary N) is 2. The van der Waals surface area contributed by atoms with E-state index in [0.717, 1.165) is 11.3 Å². The van der Waals surface area contributed by atoms with Crippen molar-refractivity contribution in [2.45, 2.75) is 0 Å². The molecule has 0 bridgehead atoms. The summed E-state index contributed by atoms with van der Waals surface area (Å²) in [7, 11) is 0. The zero-order valence-electron chi connectivity index (χ0n) is 7.96. The van der Waals surface area contributed by atoms with E-state index in [1.54, 1.807) is 0 Å². The molecule has 0 fully saturated rings. The first kappa shape index (κ1) is 8.81. The molecule has 3 heteroatoms. The van der Waals surface area contributed by atoms with Crippen molar-refractivity contribution in [2.24, 2.45) is 0 Å². The Labute approximate surface area is 83.6 Å². The largest absolute Gasteiger partial charge is 0.367 e. The van der Waals surface area contributed by atoms with Crippen LogP contribution in [0.15, 0.2) is 36.9 Å². The summed E-state index contributed by atoms with van der Waals surface area (Å²) in [5.74, 6) is 0.569. The van der Waals surface area contributed by atoms with Crippen molar-refractivity contribution in [1.29, 1.82) is 5.41 Å². The molecule has 1 aliphatic heterocycles. The molecule has 0 atom stereocenters. The van der Waals surface area contributed by atoms with E-state index < -0.39 is 0 Å². The number of rotatable bonds is 2. The van der Waals surface area contributed by atoms with Gasteiger partial charge in [-0.05, 0) is 12.1 Å². The Morgan fingerprint density at radius 3 is 3.07 bits per heavy atom. The molecule has 0 unspecified atom stereocenters. The van der Waals surface area contributed by atoms with Gasteiger partial charge in [-0.15, -0.1) is 6.58 Å². The molecule has 1 aliphatic rings. The van der Waals surface area contributed by atoms with E-state index in [9.17, 15) is 0 Å². The molecule has 0 amide bonds. The van der Waals surface area contributed by atoms with Gasteiger partial charge in [0.15, 0.2) is 0 Å². The molecule has 2 N–H and O–H groups in total. The quantitative estimate of drug-likeness (QED) is 0.694. The summed E-state index contributed by atoms with van der Waals surface area (Å²) in [5.41, 5.74) is 2.00. The summed E-state index contributed by atoms with van der Waals surface area (Å²) < 4.78 is 0. The van der Waals surface area contributed by atoms with Crippen LogP contribution in [0, 0.1) is 5.41 Å². The Hall–Kier alpha value is -1.77. The molecule has 0 radical (unpaired) electrons. The van der Waals surface area contributed by atoms with Crippen molar-refractivity contribution in [3.05, 3.63) is 42.5 Å². The number of anilines is 1. The lowest BCUT2D eigenvalue weighted by Gasteiger charge is -2.31. The van der Waals surface area contributed by atoms with Crippen molar-refractivity contribution in [3.63, 3.8) is 0 Å². The number of hydrogen-bond donors (Lipinski definition) is 2. The van der Waals surface area contributed by atoms with Gasteiger partial charge in [0, 0.05) is 17.8 Å². The van der Waals surface area contributed by atoms with Crippen molar-refractivity contribution in [1.82, 2.24) is 4.90 Å². The number of hydrogen-bond acceptors (Lipinski definition) is 2. The SMILES string of the molecule is C=CCN1CNc2ccccc2C1=N. The van der Waals surface area contributed by atoms with Gasteiger partial charge in [-0.1, -0.05) is 18.2 Å². The average Bonchev–Trinajstić information content (AvgIpc) is 2.23. The standard InChI is InChI=1S/C11H13N3/c1-2-7-14-8-13-10-6-4-3-5-9(10)11(14)12/h2-6,12-13H,1,7-8H2. The minimum absolute atomic E-state index is 0.569. The van der Waals surface area contributed by atoms with E-state index in [4.69, 9.17) is 5.41 Å². The highest BCUT2D eigenvalue weighted by Gasteiger charge is 2.18. The maximum atomic E-state index is 7.97. The maximum absolute atomic E-state index is 7.97. The lowest BCUT2D eigenvalue weighted by Crippen LogP contribution is -2.39. The summed E-state index contributed by atoms with van der Waals surface area (Å²) in [5, 5.41) is 11.2. The first-order valence-corrected chi connectivity index (χ1v) is 4.60. The normalized spacial score (nSPS) is 14.6. The number of fused-ring (bicyclic) bond motifs is 1. The molecule has 3 nitrogen and oxygen atoms in total. The lowest BCUT2D eigenvalue weighted by molar-refractivity contribution is 0.486. The molecule has 0 aliphatic carbocycles. The number of benzene rings is 1. The molecular formula is C11H13N3. The first-order valence-electron chi connectivity index (χ1n) is 4.60. The fourth-order valence-electron chi connectivity index (χ4n) is 1.59. The van der Waals surface area contributed by atoms with Crippen LogP contribution in [-0.4, -0.2) is 23.9 Å². The summed E-state index contributed by atoms with van der Waals surface area (Å²) in [6.45, 7) is 5.07. The highest BCUT2D eigenvalue weighted by Crippen LogP contribution is 2.20. The zero-order chi connectivity index (χ0) is 9.97. The van der Waals surface area contributed by atoms with Crippen molar-refractivity contribution in [2.75, 3.05) is 18.5 Å². The second-order valence-electron chi connectivity index (χ2n) is 3.24. The molecule has 72 valence electrons. The van der Waals surface area contributed by atoms with Crippen LogP contribution in [0.4, 0.5) is 5.69 Å². The van der Waals surface area contributed by atoms with E-state index >= 15 is 0 Å². The fraction of sp³-hybridized carbons (Fsp3) is 0.182. The van der Waals surface area contributed by atoms with Crippen LogP contribution in [0.1, 0.15) is 5.56 Å². The van der Waals surface area contributed by atoms with Crippen LogP contribution in [0.2, 0.25) is 0 Å². The highest BCUT2D eigenvalue weighted by molar-refractivity contribution is 6.02. The smallest absolute Gasteiger partial charge is 0.131 e. The summed E-state index contributed by atoms with van der Waals surface area (Å²) in [4.78, 5) is 1.94. The average molecular weight is 187 g/mol.